The van der Waals surface area contributed by atoms with E-state index in [-0.39, 0.29) is 12.1 Å². The number of amides is 1. The Balaban J connectivity index is 1.81. The van der Waals surface area contributed by atoms with Gasteiger partial charge < -0.3 is 19.1 Å². The number of hydrogen-bond donors (Lipinski definition) is 0. The highest BCUT2D eigenvalue weighted by Crippen LogP contribution is 2.28. The van der Waals surface area contributed by atoms with Crippen molar-refractivity contribution in [3.63, 3.8) is 0 Å². The first kappa shape index (κ1) is 22.0. The molecule has 0 aliphatic carbocycles. The van der Waals surface area contributed by atoms with Gasteiger partial charge in [0.1, 0.15) is 11.6 Å². The predicted octanol–water partition coefficient (Wildman–Crippen LogP) is 2.96. The van der Waals surface area contributed by atoms with Crippen LogP contribution in [0.2, 0.25) is 0 Å². The summed E-state index contributed by atoms with van der Waals surface area (Å²) in [7, 11) is 3.09. The fourth-order valence-electron chi connectivity index (χ4n) is 3.40. The van der Waals surface area contributed by atoms with E-state index in [1.165, 1.54) is 0 Å². The molecule has 2 aromatic carbocycles. The normalized spacial score (nSPS) is 14.4. The second kappa shape index (κ2) is 10.4. The largest absolute Gasteiger partial charge is 0.493 e. The maximum absolute atomic E-state index is 13.7. The molecule has 8 heteroatoms. The Hall–Kier alpha value is -2.71. The molecule has 0 unspecified atom stereocenters. The molecule has 30 heavy (non-hydrogen) atoms. The highest BCUT2D eigenvalue weighted by molar-refractivity contribution is 5.94. The fraction of sp³-hybridized carbons (Fsp3) is 0.409. The molecule has 1 aliphatic heterocycles. The predicted molar refractivity (Wildman–Crippen MR) is 108 cm³/mol. The van der Waals surface area contributed by atoms with Gasteiger partial charge in [-0.2, -0.15) is 0 Å². The molecule has 0 N–H and O–H groups in total. The Bertz CT molecular complexity index is 852. The van der Waals surface area contributed by atoms with Gasteiger partial charge in [0.05, 0.1) is 27.4 Å². The van der Waals surface area contributed by atoms with Crippen LogP contribution in [0, 0.1) is 11.6 Å². The molecule has 1 saturated heterocycles. The van der Waals surface area contributed by atoms with Crippen molar-refractivity contribution in [2.45, 2.75) is 6.54 Å². The van der Waals surface area contributed by atoms with E-state index >= 15 is 0 Å². The molecule has 0 saturated carbocycles. The lowest BCUT2D eigenvalue weighted by Gasteiger charge is -2.30. The summed E-state index contributed by atoms with van der Waals surface area (Å²) in [5.74, 6) is -0.862. The zero-order chi connectivity index (χ0) is 21.5. The van der Waals surface area contributed by atoms with Crippen LogP contribution in [0.15, 0.2) is 36.4 Å². The molecule has 1 aliphatic rings. The summed E-state index contributed by atoms with van der Waals surface area (Å²) in [4.78, 5) is 16.9. The van der Waals surface area contributed by atoms with Gasteiger partial charge in [-0.1, -0.05) is 6.07 Å². The summed E-state index contributed by atoms with van der Waals surface area (Å²) in [6, 6.07) is 8.26. The van der Waals surface area contributed by atoms with Gasteiger partial charge in [-0.05, 0) is 29.8 Å². The summed E-state index contributed by atoms with van der Waals surface area (Å²) in [5.41, 5.74) is 0.801. The Labute approximate surface area is 174 Å². The molecule has 6 nitrogen and oxygen atoms in total. The number of ether oxygens (including phenoxy) is 3. The van der Waals surface area contributed by atoms with Crippen molar-refractivity contribution in [3.05, 3.63) is 59.2 Å². The molecular weight excluding hydrogens is 394 g/mol. The van der Waals surface area contributed by atoms with E-state index in [2.05, 4.69) is 4.90 Å². The first-order valence-corrected chi connectivity index (χ1v) is 9.76. The summed E-state index contributed by atoms with van der Waals surface area (Å²) >= 11 is 0. The number of nitrogens with zero attached hydrogens (tertiary/aromatic N) is 2. The van der Waals surface area contributed by atoms with Gasteiger partial charge in [0.15, 0.2) is 11.5 Å². The molecule has 0 atom stereocenters. The third kappa shape index (κ3) is 5.67. The molecule has 0 spiro atoms. The minimum atomic E-state index is -0.780. The molecule has 2 aromatic rings. The van der Waals surface area contributed by atoms with Crippen molar-refractivity contribution in [2.75, 3.05) is 53.6 Å². The van der Waals surface area contributed by atoms with Crippen molar-refractivity contribution < 1.29 is 27.8 Å². The van der Waals surface area contributed by atoms with Crippen molar-refractivity contribution in [1.82, 2.24) is 9.80 Å². The molecule has 3 rings (SSSR count). The van der Waals surface area contributed by atoms with Crippen LogP contribution >= 0.6 is 0 Å². The van der Waals surface area contributed by atoms with Crippen LogP contribution in [0.5, 0.6) is 11.5 Å². The number of rotatable bonds is 8. The zero-order valence-corrected chi connectivity index (χ0v) is 17.2. The fourth-order valence-corrected chi connectivity index (χ4v) is 3.40. The highest BCUT2D eigenvalue weighted by Gasteiger charge is 2.20. The Morgan fingerprint density at radius 1 is 1.03 bits per heavy atom. The van der Waals surface area contributed by atoms with Crippen LogP contribution in [0.25, 0.3) is 0 Å². The van der Waals surface area contributed by atoms with E-state index in [1.807, 2.05) is 6.07 Å². The number of benzene rings is 2. The van der Waals surface area contributed by atoms with Crippen molar-refractivity contribution in [2.24, 2.45) is 0 Å². The number of carbonyl (C=O) groups excluding carboxylic acids is 1. The second-order valence-electron chi connectivity index (χ2n) is 7.03. The van der Waals surface area contributed by atoms with E-state index in [1.54, 1.807) is 31.3 Å². The van der Waals surface area contributed by atoms with Gasteiger partial charge in [-0.3, -0.25) is 9.69 Å². The third-order valence-electron chi connectivity index (χ3n) is 5.01. The van der Waals surface area contributed by atoms with Crippen LogP contribution in [-0.2, 0) is 11.3 Å². The lowest BCUT2D eigenvalue weighted by atomic mass is 10.1. The number of halogens is 2. The maximum Gasteiger partial charge on any atom is 0.254 e. The standard InChI is InChI=1S/C22H26F2N2O4/c1-28-20-4-3-16(11-21(20)29-2)15-26(6-5-25-7-9-30-10-8-25)22(27)17-12-18(23)14-19(24)13-17/h3-4,11-14H,5-10,15H2,1-2H3. The monoisotopic (exact) mass is 420 g/mol. The smallest absolute Gasteiger partial charge is 0.254 e. The minimum Gasteiger partial charge on any atom is -0.493 e. The van der Waals surface area contributed by atoms with Gasteiger partial charge in [0.2, 0.25) is 0 Å². The first-order valence-electron chi connectivity index (χ1n) is 9.76. The van der Waals surface area contributed by atoms with E-state index in [9.17, 15) is 13.6 Å². The molecule has 162 valence electrons. The third-order valence-corrected chi connectivity index (χ3v) is 5.01. The van der Waals surface area contributed by atoms with Crippen molar-refractivity contribution in [1.29, 1.82) is 0 Å². The van der Waals surface area contributed by atoms with E-state index in [4.69, 9.17) is 14.2 Å². The van der Waals surface area contributed by atoms with Gasteiger partial charge in [-0.15, -0.1) is 0 Å². The van der Waals surface area contributed by atoms with Crippen molar-refractivity contribution in [3.8, 4) is 11.5 Å². The van der Waals surface area contributed by atoms with Gasteiger partial charge >= 0.3 is 0 Å². The Morgan fingerprint density at radius 2 is 1.70 bits per heavy atom. The quantitative estimate of drug-likeness (QED) is 0.657. The molecule has 0 aromatic heterocycles. The van der Waals surface area contributed by atoms with Crippen LogP contribution < -0.4 is 9.47 Å². The highest BCUT2D eigenvalue weighted by atomic mass is 19.1. The lowest BCUT2D eigenvalue weighted by Crippen LogP contribution is -2.43. The molecule has 1 heterocycles. The Kier molecular flexibility index (Phi) is 7.59. The van der Waals surface area contributed by atoms with Crippen LogP contribution in [0.4, 0.5) is 8.78 Å². The average Bonchev–Trinajstić information content (AvgIpc) is 2.76. The number of hydrogen-bond acceptors (Lipinski definition) is 5. The first-order chi connectivity index (χ1) is 14.5. The average molecular weight is 420 g/mol. The van der Waals surface area contributed by atoms with Crippen LogP contribution in [0.3, 0.4) is 0 Å². The summed E-state index contributed by atoms with van der Waals surface area (Å²) in [6.07, 6.45) is 0. The molecule has 1 amide bonds. The zero-order valence-electron chi connectivity index (χ0n) is 17.2. The van der Waals surface area contributed by atoms with Gasteiger partial charge in [0, 0.05) is 44.4 Å². The molecule has 0 bridgehead atoms. The number of carbonyl (C=O) groups is 1. The summed E-state index contributed by atoms with van der Waals surface area (Å²) in [6.45, 7) is 4.19. The van der Waals surface area contributed by atoms with E-state index < -0.39 is 17.5 Å². The van der Waals surface area contributed by atoms with Gasteiger partial charge in [-0.25, -0.2) is 8.78 Å². The Morgan fingerprint density at radius 3 is 2.33 bits per heavy atom. The molecular formula is C22H26F2N2O4. The summed E-state index contributed by atoms with van der Waals surface area (Å²) < 4.78 is 43.3. The van der Waals surface area contributed by atoms with E-state index in [0.29, 0.717) is 37.8 Å². The molecule has 1 fully saturated rings. The maximum atomic E-state index is 13.7. The lowest BCUT2D eigenvalue weighted by molar-refractivity contribution is 0.0320. The minimum absolute atomic E-state index is 0.0186. The second-order valence-corrected chi connectivity index (χ2v) is 7.03. The number of methoxy groups -OCH3 is 2. The van der Waals surface area contributed by atoms with Crippen molar-refractivity contribution >= 4 is 5.91 Å². The van der Waals surface area contributed by atoms with Crippen LogP contribution in [0.1, 0.15) is 15.9 Å². The molecule has 0 radical (unpaired) electrons. The van der Waals surface area contributed by atoms with Gasteiger partial charge in [0.25, 0.3) is 5.91 Å². The van der Waals surface area contributed by atoms with E-state index in [0.717, 1.165) is 36.9 Å². The summed E-state index contributed by atoms with van der Waals surface area (Å²) in [5, 5.41) is 0. The number of morpholine rings is 1. The van der Waals surface area contributed by atoms with Crippen LogP contribution in [-0.4, -0.2) is 69.3 Å². The SMILES string of the molecule is COc1ccc(CN(CCN2CCOCC2)C(=O)c2cc(F)cc(F)c2)cc1OC. The topological polar surface area (TPSA) is 51.2 Å².